The number of ether oxygens (including phenoxy) is 1. The maximum Gasteiger partial charge on any atom is 0.261 e. The molecule has 134 valence electrons. The molecule has 0 radical (unpaired) electrons. The number of para-hydroxylation sites is 2. The first kappa shape index (κ1) is 17.4. The predicted molar refractivity (Wildman–Crippen MR) is 104 cm³/mol. The normalized spacial score (nSPS) is 17.0. The van der Waals surface area contributed by atoms with Crippen LogP contribution in [0.25, 0.3) is 11.0 Å². The summed E-state index contributed by atoms with van der Waals surface area (Å²) in [6.45, 7) is 0.697. The van der Waals surface area contributed by atoms with Gasteiger partial charge in [-0.05, 0) is 59.1 Å². The topological polar surface area (TPSA) is 58.2 Å². The van der Waals surface area contributed by atoms with Crippen molar-refractivity contribution >= 4 is 44.5 Å². The second-order valence-electron chi connectivity index (χ2n) is 6.25. The van der Waals surface area contributed by atoms with E-state index in [0.29, 0.717) is 17.3 Å². The van der Waals surface area contributed by atoms with E-state index in [9.17, 15) is 4.79 Å². The Labute approximate surface area is 164 Å². The number of hydrogen-bond donors (Lipinski definition) is 1. The van der Waals surface area contributed by atoms with Crippen LogP contribution in [0.5, 0.6) is 5.75 Å². The van der Waals surface area contributed by atoms with Crippen LogP contribution in [0, 0.1) is 0 Å². The highest BCUT2D eigenvalue weighted by Gasteiger charge is 2.32. The lowest BCUT2D eigenvalue weighted by molar-refractivity contribution is -0.134. The highest BCUT2D eigenvalue weighted by atomic mass is 79.9. The van der Waals surface area contributed by atoms with Gasteiger partial charge >= 0.3 is 0 Å². The summed E-state index contributed by atoms with van der Waals surface area (Å²) in [5.74, 6) is 1.39. The van der Waals surface area contributed by atoms with E-state index in [-0.39, 0.29) is 18.6 Å². The molecule has 0 unspecified atom stereocenters. The van der Waals surface area contributed by atoms with Crippen molar-refractivity contribution in [3.8, 4) is 5.75 Å². The monoisotopic (exact) mass is 433 g/mol. The van der Waals surface area contributed by atoms with Crippen LogP contribution >= 0.6 is 27.5 Å². The minimum absolute atomic E-state index is 0.0169. The maximum absolute atomic E-state index is 12.7. The van der Waals surface area contributed by atoms with Gasteiger partial charge in [-0.25, -0.2) is 4.98 Å². The zero-order valence-electron chi connectivity index (χ0n) is 13.9. The molecular formula is C19H17BrClN3O2. The molecule has 0 spiro atoms. The molecule has 0 saturated carbocycles. The number of hydrogen-bond acceptors (Lipinski definition) is 3. The van der Waals surface area contributed by atoms with Crippen LogP contribution in [0.1, 0.15) is 24.7 Å². The number of aromatic amines is 1. The molecule has 1 saturated heterocycles. The van der Waals surface area contributed by atoms with Gasteiger partial charge in [0.15, 0.2) is 6.61 Å². The summed E-state index contributed by atoms with van der Waals surface area (Å²) in [4.78, 5) is 22.6. The quantitative estimate of drug-likeness (QED) is 0.646. The van der Waals surface area contributed by atoms with E-state index in [4.69, 9.17) is 16.3 Å². The zero-order valence-corrected chi connectivity index (χ0v) is 16.3. The summed E-state index contributed by atoms with van der Waals surface area (Å²) in [6, 6.07) is 13.1. The number of likely N-dealkylation sites (tertiary alicyclic amines) is 1. The predicted octanol–water partition coefficient (Wildman–Crippen LogP) is 4.72. The number of carbonyl (C=O) groups is 1. The van der Waals surface area contributed by atoms with Crippen LogP contribution in [-0.2, 0) is 4.79 Å². The molecular weight excluding hydrogens is 418 g/mol. The van der Waals surface area contributed by atoms with Gasteiger partial charge in [-0.1, -0.05) is 23.7 Å². The number of nitrogens with zero attached hydrogens (tertiary/aromatic N) is 2. The van der Waals surface area contributed by atoms with E-state index < -0.39 is 0 Å². The lowest BCUT2D eigenvalue weighted by atomic mass is 10.2. The molecule has 1 aromatic heterocycles. The lowest BCUT2D eigenvalue weighted by Gasteiger charge is -2.23. The summed E-state index contributed by atoms with van der Waals surface area (Å²) >= 11 is 9.33. The van der Waals surface area contributed by atoms with Crippen molar-refractivity contribution < 1.29 is 9.53 Å². The molecule has 4 rings (SSSR count). The number of H-pyrrole nitrogens is 1. The average molecular weight is 435 g/mol. The Hall–Kier alpha value is -2.05. The maximum atomic E-state index is 12.7. The summed E-state index contributed by atoms with van der Waals surface area (Å²) in [5.41, 5.74) is 1.91. The van der Waals surface area contributed by atoms with E-state index in [1.807, 2.05) is 29.2 Å². The molecule has 1 fully saturated rings. The standard InChI is InChI=1S/C19H17BrClN3O2/c20-13-10-12(21)7-8-17(13)26-11-18(25)24-9-3-6-16(24)19-22-14-4-1-2-5-15(14)23-19/h1-2,4-5,7-8,10,16H,3,6,9,11H2,(H,22,23)/t16-/m0/s1. The van der Waals surface area contributed by atoms with Crippen molar-refractivity contribution in [1.82, 2.24) is 14.9 Å². The SMILES string of the molecule is O=C(COc1ccc(Cl)cc1Br)N1CCC[C@H]1c1nc2ccccc2[nH]1. The molecule has 1 amide bonds. The molecule has 0 aliphatic carbocycles. The summed E-state index contributed by atoms with van der Waals surface area (Å²) in [7, 11) is 0. The first-order valence-electron chi connectivity index (χ1n) is 8.44. The van der Waals surface area contributed by atoms with Gasteiger partial charge in [0, 0.05) is 11.6 Å². The van der Waals surface area contributed by atoms with E-state index in [0.717, 1.165) is 34.2 Å². The van der Waals surface area contributed by atoms with Crippen LogP contribution in [0.15, 0.2) is 46.9 Å². The fourth-order valence-electron chi connectivity index (χ4n) is 3.29. The summed E-state index contributed by atoms with van der Waals surface area (Å²) in [6.07, 6.45) is 1.86. The van der Waals surface area contributed by atoms with Gasteiger partial charge in [-0.3, -0.25) is 4.79 Å². The molecule has 1 atom stereocenters. The average Bonchev–Trinajstić information content (AvgIpc) is 3.27. The number of aromatic nitrogens is 2. The fraction of sp³-hybridized carbons (Fsp3) is 0.263. The van der Waals surface area contributed by atoms with Crippen molar-refractivity contribution in [2.75, 3.05) is 13.2 Å². The third-order valence-corrected chi connectivity index (χ3v) is 5.40. The molecule has 1 aliphatic rings. The zero-order chi connectivity index (χ0) is 18.1. The third-order valence-electron chi connectivity index (χ3n) is 4.54. The Bertz CT molecular complexity index is 926. The molecule has 1 N–H and O–H groups in total. The lowest BCUT2D eigenvalue weighted by Crippen LogP contribution is -2.34. The van der Waals surface area contributed by atoms with Gasteiger partial charge in [0.25, 0.3) is 5.91 Å². The van der Waals surface area contributed by atoms with Crippen molar-refractivity contribution in [3.63, 3.8) is 0 Å². The minimum atomic E-state index is -0.0465. The van der Waals surface area contributed by atoms with E-state index in [2.05, 4.69) is 25.9 Å². The van der Waals surface area contributed by atoms with Gasteiger partial charge in [-0.15, -0.1) is 0 Å². The summed E-state index contributed by atoms with van der Waals surface area (Å²) < 4.78 is 6.41. The molecule has 2 aromatic carbocycles. The second-order valence-corrected chi connectivity index (χ2v) is 7.54. The number of rotatable bonds is 4. The van der Waals surface area contributed by atoms with Gasteiger partial charge in [0.1, 0.15) is 11.6 Å². The minimum Gasteiger partial charge on any atom is -0.483 e. The second kappa shape index (κ2) is 7.29. The molecule has 3 aromatic rings. The van der Waals surface area contributed by atoms with Gasteiger partial charge < -0.3 is 14.6 Å². The Balaban J connectivity index is 1.48. The fourth-order valence-corrected chi connectivity index (χ4v) is 4.09. The van der Waals surface area contributed by atoms with Crippen LogP contribution in [0.4, 0.5) is 0 Å². The van der Waals surface area contributed by atoms with Crippen LogP contribution in [0.2, 0.25) is 5.02 Å². The third kappa shape index (κ3) is 3.44. The van der Waals surface area contributed by atoms with Crippen molar-refractivity contribution in [2.24, 2.45) is 0 Å². The molecule has 5 nitrogen and oxygen atoms in total. The number of halogens is 2. The van der Waals surface area contributed by atoms with E-state index >= 15 is 0 Å². The smallest absolute Gasteiger partial charge is 0.261 e. The molecule has 26 heavy (non-hydrogen) atoms. The van der Waals surface area contributed by atoms with Gasteiger partial charge in [-0.2, -0.15) is 0 Å². The number of nitrogens with one attached hydrogen (secondary N) is 1. The Morgan fingerprint density at radius 1 is 1.35 bits per heavy atom. The van der Waals surface area contributed by atoms with Crippen LogP contribution < -0.4 is 4.74 Å². The number of benzene rings is 2. The number of amides is 1. The van der Waals surface area contributed by atoms with E-state index in [1.54, 1.807) is 18.2 Å². The van der Waals surface area contributed by atoms with Crippen molar-refractivity contribution in [1.29, 1.82) is 0 Å². The van der Waals surface area contributed by atoms with Crippen LogP contribution in [-0.4, -0.2) is 33.9 Å². The summed E-state index contributed by atoms with van der Waals surface area (Å²) in [5, 5.41) is 0.611. The largest absolute Gasteiger partial charge is 0.483 e. The van der Waals surface area contributed by atoms with Gasteiger partial charge in [0.2, 0.25) is 0 Å². The first-order chi connectivity index (χ1) is 12.6. The Morgan fingerprint density at radius 2 is 2.19 bits per heavy atom. The van der Waals surface area contributed by atoms with Crippen molar-refractivity contribution in [3.05, 3.63) is 57.8 Å². The first-order valence-corrected chi connectivity index (χ1v) is 9.61. The Kier molecular flexibility index (Phi) is 4.87. The highest BCUT2D eigenvalue weighted by Crippen LogP contribution is 2.32. The molecule has 0 bridgehead atoms. The number of carbonyl (C=O) groups excluding carboxylic acids is 1. The number of fused-ring (bicyclic) bond motifs is 1. The number of imidazole rings is 1. The van der Waals surface area contributed by atoms with Gasteiger partial charge in [0.05, 0.1) is 21.5 Å². The highest BCUT2D eigenvalue weighted by molar-refractivity contribution is 9.10. The molecule has 7 heteroatoms. The molecule has 1 aliphatic heterocycles. The Morgan fingerprint density at radius 3 is 3.00 bits per heavy atom. The molecule has 2 heterocycles. The van der Waals surface area contributed by atoms with E-state index in [1.165, 1.54) is 0 Å². The van der Waals surface area contributed by atoms with Crippen LogP contribution in [0.3, 0.4) is 0 Å². The van der Waals surface area contributed by atoms with Crippen molar-refractivity contribution in [2.45, 2.75) is 18.9 Å².